The van der Waals surface area contributed by atoms with E-state index >= 15 is 0 Å². The van der Waals surface area contributed by atoms with Crippen LogP contribution in [-0.4, -0.2) is 25.1 Å². The predicted octanol–water partition coefficient (Wildman–Crippen LogP) is 4.00. The second kappa shape index (κ2) is 8.54. The first-order chi connectivity index (χ1) is 9.17. The van der Waals surface area contributed by atoms with Crippen molar-refractivity contribution in [3.05, 3.63) is 10.6 Å². The molecule has 0 aliphatic rings. The van der Waals surface area contributed by atoms with Crippen molar-refractivity contribution in [2.45, 2.75) is 59.4 Å². The Kier molecular flexibility index (Phi) is 7.39. The zero-order valence-electron chi connectivity index (χ0n) is 13.1. The fourth-order valence-electron chi connectivity index (χ4n) is 2.19. The zero-order chi connectivity index (χ0) is 14.3. The van der Waals surface area contributed by atoms with Gasteiger partial charge in [0.15, 0.2) is 5.13 Å². The van der Waals surface area contributed by atoms with Gasteiger partial charge in [-0.25, -0.2) is 4.98 Å². The molecule has 0 fully saturated rings. The summed E-state index contributed by atoms with van der Waals surface area (Å²) in [5, 5.41) is 4.48. The van der Waals surface area contributed by atoms with Crippen LogP contribution in [0.25, 0.3) is 0 Å². The molecule has 1 rings (SSSR count). The molecule has 1 atom stereocenters. The van der Waals surface area contributed by atoms with Gasteiger partial charge in [-0.3, -0.25) is 0 Å². The van der Waals surface area contributed by atoms with Gasteiger partial charge in [0.1, 0.15) is 0 Å². The van der Waals surface area contributed by atoms with Crippen molar-refractivity contribution in [3.63, 3.8) is 0 Å². The number of anilines is 1. The Hall–Kier alpha value is -0.610. The van der Waals surface area contributed by atoms with E-state index in [0.29, 0.717) is 5.92 Å². The molecule has 1 aromatic heterocycles. The Bertz CT molecular complexity index is 356. The minimum atomic E-state index is 0.554. The Morgan fingerprint density at radius 2 is 1.84 bits per heavy atom. The molecule has 1 unspecified atom stereocenters. The molecule has 0 amide bonds. The van der Waals surface area contributed by atoms with E-state index in [0.717, 1.165) is 26.1 Å². The molecule has 0 saturated carbocycles. The Morgan fingerprint density at radius 1 is 1.21 bits per heavy atom. The molecule has 0 bridgehead atoms. The van der Waals surface area contributed by atoms with E-state index < -0.39 is 0 Å². The molecule has 0 aliphatic heterocycles. The highest BCUT2D eigenvalue weighted by Gasteiger charge is 2.18. The van der Waals surface area contributed by atoms with Crippen LogP contribution in [0.1, 0.15) is 63.4 Å². The minimum Gasteiger partial charge on any atom is -0.348 e. The molecule has 0 spiro atoms. The summed E-state index contributed by atoms with van der Waals surface area (Å²) in [7, 11) is 2.01. The summed E-state index contributed by atoms with van der Waals surface area (Å²) in [6.07, 6.45) is 3.51. The third kappa shape index (κ3) is 4.46. The van der Waals surface area contributed by atoms with Crippen LogP contribution >= 0.6 is 11.3 Å². The topological polar surface area (TPSA) is 28.2 Å². The minimum absolute atomic E-state index is 0.554. The maximum absolute atomic E-state index is 4.94. The van der Waals surface area contributed by atoms with Crippen LogP contribution in [0.5, 0.6) is 0 Å². The molecule has 1 N–H and O–H groups in total. The van der Waals surface area contributed by atoms with Crippen LogP contribution in [0.3, 0.4) is 0 Å². The molecule has 19 heavy (non-hydrogen) atoms. The quantitative estimate of drug-likeness (QED) is 0.742. The zero-order valence-corrected chi connectivity index (χ0v) is 13.9. The Labute approximate surface area is 122 Å². The molecule has 0 radical (unpaired) electrons. The molecule has 1 aromatic rings. The number of thiazole rings is 1. The largest absolute Gasteiger partial charge is 0.348 e. The van der Waals surface area contributed by atoms with Crippen LogP contribution in [0.15, 0.2) is 0 Å². The summed E-state index contributed by atoms with van der Waals surface area (Å²) < 4.78 is 0. The third-order valence-electron chi connectivity index (χ3n) is 3.39. The Morgan fingerprint density at radius 3 is 2.32 bits per heavy atom. The molecule has 0 aromatic carbocycles. The van der Waals surface area contributed by atoms with E-state index in [2.05, 4.69) is 37.9 Å². The standard InChI is InChI=1S/C15H29N3S/c1-6-9-18(10-7-2)15-17-14(12(4)8-3)13(19-15)11-16-5/h12,16H,6-11H2,1-5H3. The highest BCUT2D eigenvalue weighted by Crippen LogP contribution is 2.32. The summed E-state index contributed by atoms with van der Waals surface area (Å²) in [6, 6.07) is 0. The predicted molar refractivity (Wildman–Crippen MR) is 86.4 cm³/mol. The molecule has 1 heterocycles. The van der Waals surface area contributed by atoms with E-state index in [-0.39, 0.29) is 0 Å². The average Bonchev–Trinajstić information content (AvgIpc) is 2.82. The molecular weight excluding hydrogens is 254 g/mol. The fraction of sp³-hybridized carbons (Fsp3) is 0.800. The fourth-order valence-corrected chi connectivity index (χ4v) is 3.44. The van der Waals surface area contributed by atoms with Gasteiger partial charge in [0, 0.05) is 24.5 Å². The summed E-state index contributed by atoms with van der Waals surface area (Å²) in [4.78, 5) is 8.79. The van der Waals surface area contributed by atoms with Gasteiger partial charge >= 0.3 is 0 Å². The van der Waals surface area contributed by atoms with E-state index in [1.807, 2.05) is 18.4 Å². The summed E-state index contributed by atoms with van der Waals surface area (Å²) in [6.45, 7) is 12.1. The van der Waals surface area contributed by atoms with Gasteiger partial charge < -0.3 is 10.2 Å². The van der Waals surface area contributed by atoms with Gasteiger partial charge in [-0.15, -0.1) is 11.3 Å². The summed E-state index contributed by atoms with van der Waals surface area (Å²) in [5.74, 6) is 0.554. The first-order valence-electron chi connectivity index (χ1n) is 7.56. The molecule has 0 aliphatic carbocycles. The maximum atomic E-state index is 4.94. The highest BCUT2D eigenvalue weighted by molar-refractivity contribution is 7.15. The van der Waals surface area contributed by atoms with E-state index in [1.54, 1.807) is 0 Å². The number of hydrogen-bond acceptors (Lipinski definition) is 4. The first kappa shape index (κ1) is 16.4. The van der Waals surface area contributed by atoms with Crippen LogP contribution in [0, 0.1) is 0 Å². The van der Waals surface area contributed by atoms with Crippen LogP contribution < -0.4 is 10.2 Å². The number of aromatic nitrogens is 1. The van der Waals surface area contributed by atoms with Crippen molar-refractivity contribution in [2.75, 3.05) is 25.0 Å². The number of nitrogens with one attached hydrogen (secondary N) is 1. The molecular formula is C15H29N3S. The lowest BCUT2D eigenvalue weighted by atomic mass is 10.0. The first-order valence-corrected chi connectivity index (χ1v) is 8.38. The normalized spacial score (nSPS) is 12.7. The second-order valence-electron chi connectivity index (χ2n) is 5.13. The lowest BCUT2D eigenvalue weighted by Gasteiger charge is -2.20. The molecule has 4 heteroatoms. The van der Waals surface area contributed by atoms with Crippen molar-refractivity contribution in [3.8, 4) is 0 Å². The van der Waals surface area contributed by atoms with E-state index in [4.69, 9.17) is 4.98 Å². The lowest BCUT2D eigenvalue weighted by molar-refractivity contribution is 0.687. The number of hydrogen-bond donors (Lipinski definition) is 1. The number of nitrogens with zero attached hydrogens (tertiary/aromatic N) is 2. The SMILES string of the molecule is CCCN(CCC)c1nc(C(C)CC)c(CNC)s1. The van der Waals surface area contributed by atoms with Crippen molar-refractivity contribution < 1.29 is 0 Å². The third-order valence-corrected chi connectivity index (χ3v) is 4.52. The molecule has 3 nitrogen and oxygen atoms in total. The van der Waals surface area contributed by atoms with Crippen LogP contribution in [0.4, 0.5) is 5.13 Å². The van der Waals surface area contributed by atoms with Gasteiger partial charge in [-0.05, 0) is 32.2 Å². The lowest BCUT2D eigenvalue weighted by Crippen LogP contribution is -2.24. The van der Waals surface area contributed by atoms with Gasteiger partial charge in [-0.1, -0.05) is 27.7 Å². The molecule has 0 saturated heterocycles. The Balaban J connectivity index is 2.99. The molecule has 110 valence electrons. The van der Waals surface area contributed by atoms with Crippen LogP contribution in [0.2, 0.25) is 0 Å². The summed E-state index contributed by atoms with van der Waals surface area (Å²) in [5.41, 5.74) is 1.30. The second-order valence-corrected chi connectivity index (χ2v) is 6.19. The van der Waals surface area contributed by atoms with Gasteiger partial charge in [0.05, 0.1) is 5.69 Å². The van der Waals surface area contributed by atoms with Crippen molar-refractivity contribution >= 4 is 16.5 Å². The maximum Gasteiger partial charge on any atom is 0.185 e. The van der Waals surface area contributed by atoms with Crippen LogP contribution in [-0.2, 0) is 6.54 Å². The van der Waals surface area contributed by atoms with E-state index in [1.165, 1.54) is 28.5 Å². The number of rotatable bonds is 9. The monoisotopic (exact) mass is 283 g/mol. The van der Waals surface area contributed by atoms with Gasteiger partial charge in [0.25, 0.3) is 0 Å². The van der Waals surface area contributed by atoms with Crippen molar-refractivity contribution in [1.82, 2.24) is 10.3 Å². The van der Waals surface area contributed by atoms with Crippen molar-refractivity contribution in [2.24, 2.45) is 0 Å². The highest BCUT2D eigenvalue weighted by atomic mass is 32.1. The van der Waals surface area contributed by atoms with Crippen molar-refractivity contribution in [1.29, 1.82) is 0 Å². The smallest absolute Gasteiger partial charge is 0.185 e. The average molecular weight is 283 g/mol. The van der Waals surface area contributed by atoms with Gasteiger partial charge in [-0.2, -0.15) is 0 Å². The van der Waals surface area contributed by atoms with Gasteiger partial charge in [0.2, 0.25) is 0 Å². The summed E-state index contributed by atoms with van der Waals surface area (Å²) >= 11 is 1.87. The van der Waals surface area contributed by atoms with E-state index in [9.17, 15) is 0 Å².